The van der Waals surface area contributed by atoms with E-state index in [0.29, 0.717) is 35.1 Å². The lowest BCUT2D eigenvalue weighted by atomic mass is 9.99. The van der Waals surface area contributed by atoms with Gasteiger partial charge >= 0.3 is 0 Å². The van der Waals surface area contributed by atoms with Gasteiger partial charge in [0.2, 0.25) is 5.88 Å². The summed E-state index contributed by atoms with van der Waals surface area (Å²) in [6.45, 7) is 4.35. The summed E-state index contributed by atoms with van der Waals surface area (Å²) in [6.07, 6.45) is 6.21. The number of likely N-dealkylation sites (tertiary alicyclic amines) is 1. The van der Waals surface area contributed by atoms with Crippen molar-refractivity contribution in [1.29, 1.82) is 0 Å². The van der Waals surface area contributed by atoms with E-state index in [-0.39, 0.29) is 18.1 Å². The molecule has 1 aliphatic rings. The number of anilines is 1. The Morgan fingerprint density at radius 2 is 1.94 bits per heavy atom. The van der Waals surface area contributed by atoms with Gasteiger partial charge in [0, 0.05) is 23.5 Å². The maximum Gasteiger partial charge on any atom is 0.260 e. The van der Waals surface area contributed by atoms with Crippen LogP contribution in [0, 0.1) is 6.92 Å². The number of nitrogens with zero attached hydrogens (tertiary/aromatic N) is 5. The van der Waals surface area contributed by atoms with Crippen molar-refractivity contribution >= 4 is 11.6 Å². The van der Waals surface area contributed by atoms with Crippen LogP contribution in [-0.2, 0) is 0 Å². The van der Waals surface area contributed by atoms with Gasteiger partial charge in [0.25, 0.3) is 5.91 Å². The van der Waals surface area contributed by atoms with Gasteiger partial charge in [-0.3, -0.25) is 4.79 Å². The van der Waals surface area contributed by atoms with E-state index in [9.17, 15) is 4.79 Å². The molecule has 1 aliphatic heterocycles. The first kappa shape index (κ1) is 20.6. The fourth-order valence-electron chi connectivity index (χ4n) is 3.82. The molecule has 0 spiro atoms. The predicted octanol–water partition coefficient (Wildman–Crippen LogP) is 2.63. The van der Waals surface area contributed by atoms with Crippen molar-refractivity contribution in [2.45, 2.75) is 38.8 Å². The molecule has 2 atom stereocenters. The number of pyridine rings is 1. The summed E-state index contributed by atoms with van der Waals surface area (Å²) in [5.41, 5.74) is 8.41. The Morgan fingerprint density at radius 1 is 1.16 bits per heavy atom. The standard InChI is InChI=1S/C22H26N6O3/c1-14-7-8-16(31-21-15(2)17(23)9-10-24-21)13-27(14)22(29)20-18(28-25-11-12-26-28)5-4-6-19(20)30-3/h4-6,9-12,14,16H,7-8,13H2,1-3H3,(H2,23,24). The summed E-state index contributed by atoms with van der Waals surface area (Å²) < 4.78 is 11.7. The number of amides is 1. The number of nitrogens with two attached hydrogens (primary N) is 1. The molecule has 1 saturated heterocycles. The number of hydrogen-bond acceptors (Lipinski definition) is 7. The Kier molecular flexibility index (Phi) is 5.75. The molecule has 3 aromatic rings. The second-order valence-electron chi connectivity index (χ2n) is 7.63. The van der Waals surface area contributed by atoms with Crippen LogP contribution in [0.15, 0.2) is 42.9 Å². The minimum Gasteiger partial charge on any atom is -0.496 e. The molecule has 0 saturated carbocycles. The molecule has 9 nitrogen and oxygen atoms in total. The number of hydrogen-bond donors (Lipinski definition) is 1. The molecule has 3 heterocycles. The van der Waals surface area contributed by atoms with Crippen molar-refractivity contribution in [3.63, 3.8) is 0 Å². The van der Waals surface area contributed by atoms with Crippen molar-refractivity contribution in [2.24, 2.45) is 0 Å². The Hall–Kier alpha value is -3.62. The average Bonchev–Trinajstić information content (AvgIpc) is 3.32. The van der Waals surface area contributed by atoms with E-state index in [2.05, 4.69) is 15.2 Å². The highest BCUT2D eigenvalue weighted by molar-refractivity contribution is 6.00. The van der Waals surface area contributed by atoms with E-state index in [1.807, 2.05) is 24.8 Å². The smallest absolute Gasteiger partial charge is 0.260 e. The largest absolute Gasteiger partial charge is 0.496 e. The first-order valence-corrected chi connectivity index (χ1v) is 10.2. The van der Waals surface area contributed by atoms with E-state index in [0.717, 1.165) is 18.4 Å². The molecular weight excluding hydrogens is 396 g/mol. The van der Waals surface area contributed by atoms with Crippen LogP contribution >= 0.6 is 0 Å². The normalized spacial score (nSPS) is 18.6. The number of carbonyl (C=O) groups excluding carboxylic acids is 1. The zero-order valence-electron chi connectivity index (χ0n) is 17.9. The van der Waals surface area contributed by atoms with Crippen molar-refractivity contribution in [1.82, 2.24) is 24.9 Å². The molecule has 2 aromatic heterocycles. The minimum atomic E-state index is -0.186. The quantitative estimate of drug-likeness (QED) is 0.673. The van der Waals surface area contributed by atoms with Crippen molar-refractivity contribution < 1.29 is 14.3 Å². The lowest BCUT2D eigenvalue weighted by Gasteiger charge is -2.38. The van der Waals surface area contributed by atoms with E-state index in [4.69, 9.17) is 15.2 Å². The van der Waals surface area contributed by atoms with Crippen molar-refractivity contribution in [2.75, 3.05) is 19.4 Å². The van der Waals surface area contributed by atoms with Gasteiger partial charge in [0.05, 0.1) is 26.0 Å². The molecule has 1 fully saturated rings. The third-order valence-corrected chi connectivity index (χ3v) is 5.65. The van der Waals surface area contributed by atoms with Crippen LogP contribution < -0.4 is 15.2 Å². The first-order chi connectivity index (χ1) is 15.0. The Morgan fingerprint density at radius 3 is 2.68 bits per heavy atom. The van der Waals surface area contributed by atoms with E-state index < -0.39 is 0 Å². The number of piperidine rings is 1. The maximum absolute atomic E-state index is 13.7. The van der Waals surface area contributed by atoms with Gasteiger partial charge in [-0.15, -0.1) is 0 Å². The van der Waals surface area contributed by atoms with Crippen LogP contribution in [0.2, 0.25) is 0 Å². The lowest BCUT2D eigenvalue weighted by molar-refractivity contribution is 0.0368. The van der Waals surface area contributed by atoms with Crippen LogP contribution in [0.25, 0.3) is 5.69 Å². The van der Waals surface area contributed by atoms with Crippen LogP contribution in [0.4, 0.5) is 5.69 Å². The molecule has 31 heavy (non-hydrogen) atoms. The Balaban J connectivity index is 1.63. The fourth-order valence-corrected chi connectivity index (χ4v) is 3.82. The summed E-state index contributed by atoms with van der Waals surface area (Å²) in [5, 5.41) is 8.38. The highest BCUT2D eigenvalue weighted by Crippen LogP contribution is 2.30. The molecule has 1 aromatic carbocycles. The summed E-state index contributed by atoms with van der Waals surface area (Å²) in [7, 11) is 1.55. The SMILES string of the molecule is COc1cccc(-n2nccn2)c1C(=O)N1CC(Oc2nccc(N)c2C)CCC1C. The topological polar surface area (TPSA) is 108 Å². The van der Waals surface area contributed by atoms with E-state index in [1.165, 1.54) is 4.80 Å². The summed E-state index contributed by atoms with van der Waals surface area (Å²) in [4.78, 5) is 21.3. The number of carbonyl (C=O) groups is 1. The molecule has 9 heteroatoms. The van der Waals surface area contributed by atoms with Gasteiger partial charge < -0.3 is 20.1 Å². The summed E-state index contributed by atoms with van der Waals surface area (Å²) in [6, 6.07) is 7.17. The molecule has 2 unspecified atom stereocenters. The number of ether oxygens (including phenoxy) is 2. The van der Waals surface area contributed by atoms with Crippen LogP contribution in [0.3, 0.4) is 0 Å². The number of benzene rings is 1. The highest BCUT2D eigenvalue weighted by atomic mass is 16.5. The Bertz CT molecular complexity index is 1070. The van der Waals surface area contributed by atoms with Crippen LogP contribution in [0.5, 0.6) is 11.6 Å². The highest BCUT2D eigenvalue weighted by Gasteiger charge is 2.34. The van der Waals surface area contributed by atoms with Gasteiger partial charge in [-0.2, -0.15) is 15.0 Å². The van der Waals surface area contributed by atoms with E-state index in [1.54, 1.807) is 43.9 Å². The molecule has 0 radical (unpaired) electrons. The fraction of sp³-hybridized carbons (Fsp3) is 0.364. The second kappa shape index (κ2) is 8.63. The summed E-state index contributed by atoms with van der Waals surface area (Å²) >= 11 is 0. The van der Waals surface area contributed by atoms with Gasteiger partial charge in [-0.05, 0) is 44.9 Å². The zero-order valence-corrected chi connectivity index (χ0v) is 17.9. The molecule has 0 aliphatic carbocycles. The number of rotatable bonds is 5. The maximum atomic E-state index is 13.7. The zero-order chi connectivity index (χ0) is 22.0. The minimum absolute atomic E-state index is 0.0468. The van der Waals surface area contributed by atoms with Gasteiger partial charge in [0.15, 0.2) is 0 Å². The second-order valence-corrected chi connectivity index (χ2v) is 7.63. The van der Waals surface area contributed by atoms with Gasteiger partial charge in [-0.25, -0.2) is 4.98 Å². The number of methoxy groups -OCH3 is 1. The number of aromatic nitrogens is 4. The number of nitrogen functional groups attached to an aromatic ring is 1. The molecule has 0 bridgehead atoms. The molecule has 1 amide bonds. The third kappa shape index (κ3) is 4.03. The van der Waals surface area contributed by atoms with Gasteiger partial charge in [0.1, 0.15) is 23.1 Å². The van der Waals surface area contributed by atoms with Crippen LogP contribution in [0.1, 0.15) is 35.7 Å². The monoisotopic (exact) mass is 422 g/mol. The first-order valence-electron chi connectivity index (χ1n) is 10.2. The predicted molar refractivity (Wildman–Crippen MR) is 115 cm³/mol. The third-order valence-electron chi connectivity index (χ3n) is 5.65. The molecule has 2 N–H and O–H groups in total. The molecule has 4 rings (SSSR count). The lowest BCUT2D eigenvalue weighted by Crippen LogP contribution is -2.49. The van der Waals surface area contributed by atoms with Crippen LogP contribution in [-0.4, -0.2) is 56.6 Å². The average molecular weight is 422 g/mol. The Labute approximate surface area is 180 Å². The molecular formula is C22H26N6O3. The van der Waals surface area contributed by atoms with Crippen molar-refractivity contribution in [3.8, 4) is 17.3 Å². The summed E-state index contributed by atoms with van der Waals surface area (Å²) in [5.74, 6) is 0.830. The van der Waals surface area contributed by atoms with Gasteiger partial charge in [-0.1, -0.05) is 6.07 Å². The van der Waals surface area contributed by atoms with E-state index >= 15 is 0 Å². The molecule has 162 valence electrons. The van der Waals surface area contributed by atoms with Crippen molar-refractivity contribution in [3.05, 3.63) is 54.0 Å².